The minimum absolute atomic E-state index is 0.0775. The van der Waals surface area contributed by atoms with Crippen LogP contribution < -0.4 is 5.32 Å². The van der Waals surface area contributed by atoms with Crippen molar-refractivity contribution in [1.82, 2.24) is 20.2 Å². The normalized spacial score (nSPS) is 10.9. The molecule has 7 heteroatoms. The first kappa shape index (κ1) is 22.1. The van der Waals surface area contributed by atoms with E-state index in [2.05, 4.69) is 46.5 Å². The van der Waals surface area contributed by atoms with Gasteiger partial charge in [-0.1, -0.05) is 37.3 Å². The number of amides is 1. The number of thiazole rings is 1. The molecule has 0 aliphatic carbocycles. The highest BCUT2D eigenvalue weighted by Gasteiger charge is 2.17. The average Bonchev–Trinajstić information content (AvgIpc) is 3.32. The summed E-state index contributed by atoms with van der Waals surface area (Å²) in [5.74, 6) is -0.0775. The summed E-state index contributed by atoms with van der Waals surface area (Å²) in [6.45, 7) is 5.51. The molecule has 0 saturated heterocycles. The van der Waals surface area contributed by atoms with Crippen LogP contribution in [0, 0.1) is 0 Å². The third kappa shape index (κ3) is 6.19. The predicted octanol–water partition coefficient (Wildman–Crippen LogP) is 3.99. The van der Waals surface area contributed by atoms with Gasteiger partial charge in [0.1, 0.15) is 5.69 Å². The Morgan fingerprint density at radius 3 is 2.57 bits per heavy atom. The van der Waals surface area contributed by atoms with Crippen molar-refractivity contribution >= 4 is 17.2 Å². The molecule has 0 aliphatic rings. The summed E-state index contributed by atoms with van der Waals surface area (Å²) in [5.41, 5.74) is 6.38. The lowest BCUT2D eigenvalue weighted by Gasteiger charge is -2.21. The minimum Gasteiger partial charge on any atom is -0.383 e. The van der Waals surface area contributed by atoms with Gasteiger partial charge in [-0.25, -0.2) is 4.98 Å². The molecule has 3 aromatic rings. The molecule has 30 heavy (non-hydrogen) atoms. The number of hydrogen-bond acceptors (Lipinski definition) is 6. The largest absolute Gasteiger partial charge is 0.383 e. The van der Waals surface area contributed by atoms with Crippen molar-refractivity contribution in [2.75, 3.05) is 26.8 Å². The Morgan fingerprint density at radius 1 is 1.13 bits per heavy atom. The average molecular weight is 425 g/mol. The first-order chi connectivity index (χ1) is 14.7. The van der Waals surface area contributed by atoms with Gasteiger partial charge in [-0.3, -0.25) is 9.78 Å². The van der Waals surface area contributed by atoms with Crippen LogP contribution in [0.3, 0.4) is 0 Å². The van der Waals surface area contributed by atoms with E-state index in [1.54, 1.807) is 22.9 Å². The number of hydrogen-bond donors (Lipinski definition) is 1. The maximum Gasteiger partial charge on any atom is 0.273 e. The lowest BCUT2D eigenvalue weighted by atomic mass is 10.1. The molecule has 2 aromatic heterocycles. The monoisotopic (exact) mass is 424 g/mol. The SMILES string of the molecule is CCCNCc1ccc(-c2ccc(CN(CCOC)C(=O)c3cscn3)cc2)nc1. The molecule has 0 aliphatic heterocycles. The van der Waals surface area contributed by atoms with E-state index < -0.39 is 0 Å². The molecule has 0 unspecified atom stereocenters. The van der Waals surface area contributed by atoms with Crippen LogP contribution in [0.2, 0.25) is 0 Å². The van der Waals surface area contributed by atoms with Crippen molar-refractivity contribution in [3.05, 3.63) is 70.3 Å². The predicted molar refractivity (Wildman–Crippen MR) is 120 cm³/mol. The van der Waals surface area contributed by atoms with Gasteiger partial charge in [0.25, 0.3) is 5.91 Å². The molecule has 6 nitrogen and oxygen atoms in total. The Kier molecular flexibility index (Phi) is 8.50. The second kappa shape index (κ2) is 11.5. The van der Waals surface area contributed by atoms with Crippen molar-refractivity contribution in [3.8, 4) is 11.3 Å². The lowest BCUT2D eigenvalue weighted by molar-refractivity contribution is 0.0675. The molecule has 0 spiro atoms. The summed E-state index contributed by atoms with van der Waals surface area (Å²) < 4.78 is 5.17. The van der Waals surface area contributed by atoms with Crippen molar-refractivity contribution in [2.45, 2.75) is 26.4 Å². The molecule has 3 rings (SSSR count). The Balaban J connectivity index is 1.65. The van der Waals surface area contributed by atoms with Crippen LogP contribution in [0.25, 0.3) is 11.3 Å². The Bertz CT molecular complexity index is 896. The second-order valence-corrected chi connectivity index (χ2v) is 7.74. The van der Waals surface area contributed by atoms with Gasteiger partial charge in [0.15, 0.2) is 0 Å². The zero-order valence-corrected chi connectivity index (χ0v) is 18.3. The number of nitrogens with zero attached hydrogens (tertiary/aromatic N) is 3. The summed E-state index contributed by atoms with van der Waals surface area (Å²) in [6.07, 6.45) is 3.04. The van der Waals surface area contributed by atoms with Crippen molar-refractivity contribution < 1.29 is 9.53 Å². The summed E-state index contributed by atoms with van der Waals surface area (Å²) in [4.78, 5) is 23.2. The van der Waals surface area contributed by atoms with Gasteiger partial charge < -0.3 is 15.0 Å². The van der Waals surface area contributed by atoms with Gasteiger partial charge in [-0.2, -0.15) is 0 Å². The van der Waals surface area contributed by atoms with Crippen LogP contribution in [0.5, 0.6) is 0 Å². The molecule has 0 saturated carbocycles. The number of carbonyl (C=O) groups excluding carboxylic acids is 1. The second-order valence-electron chi connectivity index (χ2n) is 7.02. The van der Waals surface area contributed by atoms with E-state index in [9.17, 15) is 4.79 Å². The van der Waals surface area contributed by atoms with Crippen LogP contribution in [0.1, 0.15) is 35.0 Å². The molecule has 1 amide bonds. The molecule has 0 bridgehead atoms. The lowest BCUT2D eigenvalue weighted by Crippen LogP contribution is -2.33. The van der Waals surface area contributed by atoms with Gasteiger partial charge in [-0.05, 0) is 30.2 Å². The van der Waals surface area contributed by atoms with E-state index in [1.165, 1.54) is 16.9 Å². The van der Waals surface area contributed by atoms with Gasteiger partial charge in [0.2, 0.25) is 0 Å². The van der Waals surface area contributed by atoms with Crippen LogP contribution >= 0.6 is 11.3 Å². The maximum atomic E-state index is 12.7. The molecule has 158 valence electrons. The maximum absolute atomic E-state index is 12.7. The standard InChI is InChI=1S/C23H28N4O2S/c1-3-10-24-13-19-6-9-21(25-14-19)20-7-4-18(5-8-20)15-27(11-12-29-2)23(28)22-16-30-17-26-22/h4-9,14,16-17,24H,3,10-13,15H2,1-2H3. The van der Waals surface area contributed by atoms with Crippen molar-refractivity contribution in [3.63, 3.8) is 0 Å². The summed E-state index contributed by atoms with van der Waals surface area (Å²) in [5, 5.41) is 5.16. The van der Waals surface area contributed by atoms with E-state index in [4.69, 9.17) is 4.74 Å². The van der Waals surface area contributed by atoms with E-state index in [1.807, 2.05) is 18.3 Å². The van der Waals surface area contributed by atoms with Crippen molar-refractivity contribution in [1.29, 1.82) is 0 Å². The van der Waals surface area contributed by atoms with Gasteiger partial charge in [-0.15, -0.1) is 11.3 Å². The number of nitrogens with one attached hydrogen (secondary N) is 1. The Labute approximate surface area is 181 Å². The summed E-state index contributed by atoms with van der Waals surface area (Å²) in [7, 11) is 1.64. The highest BCUT2D eigenvalue weighted by Crippen LogP contribution is 2.19. The van der Waals surface area contributed by atoms with Gasteiger partial charge in [0, 0.05) is 43.9 Å². The fourth-order valence-electron chi connectivity index (χ4n) is 3.04. The number of pyridine rings is 1. The highest BCUT2D eigenvalue weighted by atomic mass is 32.1. The minimum atomic E-state index is -0.0775. The Morgan fingerprint density at radius 2 is 1.93 bits per heavy atom. The highest BCUT2D eigenvalue weighted by molar-refractivity contribution is 7.07. The van der Waals surface area contributed by atoms with E-state index in [0.29, 0.717) is 25.4 Å². The summed E-state index contributed by atoms with van der Waals surface area (Å²) >= 11 is 1.42. The first-order valence-corrected chi connectivity index (χ1v) is 11.1. The topological polar surface area (TPSA) is 67.3 Å². The summed E-state index contributed by atoms with van der Waals surface area (Å²) in [6, 6.07) is 12.3. The fourth-order valence-corrected chi connectivity index (χ4v) is 3.57. The van der Waals surface area contributed by atoms with Crippen LogP contribution in [-0.2, 0) is 17.8 Å². The molecule has 0 fully saturated rings. The van der Waals surface area contributed by atoms with Gasteiger partial charge in [0.05, 0.1) is 17.8 Å². The number of ether oxygens (including phenoxy) is 1. The number of methoxy groups -OCH3 is 1. The van der Waals surface area contributed by atoms with Crippen LogP contribution in [0.4, 0.5) is 0 Å². The fraction of sp³-hybridized carbons (Fsp3) is 0.348. The molecular weight excluding hydrogens is 396 g/mol. The molecule has 1 N–H and O–H groups in total. The number of rotatable bonds is 11. The molecule has 1 aromatic carbocycles. The third-order valence-corrected chi connectivity index (χ3v) is 5.29. The number of aromatic nitrogens is 2. The molecule has 0 radical (unpaired) electrons. The number of carbonyl (C=O) groups is 1. The van der Waals surface area contributed by atoms with Crippen LogP contribution in [-0.4, -0.2) is 47.6 Å². The smallest absolute Gasteiger partial charge is 0.273 e. The third-order valence-electron chi connectivity index (χ3n) is 4.71. The zero-order chi connectivity index (χ0) is 21.2. The molecule has 2 heterocycles. The molecule has 0 atom stereocenters. The quantitative estimate of drug-likeness (QED) is 0.472. The van der Waals surface area contributed by atoms with E-state index in [-0.39, 0.29) is 5.91 Å². The zero-order valence-electron chi connectivity index (χ0n) is 17.5. The van der Waals surface area contributed by atoms with E-state index in [0.717, 1.165) is 36.3 Å². The first-order valence-electron chi connectivity index (χ1n) is 10.1. The van der Waals surface area contributed by atoms with Crippen molar-refractivity contribution in [2.24, 2.45) is 0 Å². The van der Waals surface area contributed by atoms with E-state index >= 15 is 0 Å². The van der Waals surface area contributed by atoms with Gasteiger partial charge >= 0.3 is 0 Å². The van der Waals surface area contributed by atoms with Crippen LogP contribution in [0.15, 0.2) is 53.5 Å². The number of benzene rings is 1. The Hall–Kier alpha value is -2.61. The molecular formula is C23H28N4O2S.